The van der Waals surface area contributed by atoms with Crippen molar-refractivity contribution in [1.29, 1.82) is 0 Å². The van der Waals surface area contributed by atoms with Crippen molar-refractivity contribution in [3.05, 3.63) is 45.3 Å². The number of ether oxygens (including phenoxy) is 1. The predicted octanol–water partition coefficient (Wildman–Crippen LogP) is -1.21. The fourth-order valence-electron chi connectivity index (χ4n) is 2.24. The SMILES string of the molecule is C=CC(=O)n1c(=O)c(C)cn([C@H]2C[C@H](O)[C@@H](CO)O2)c1=O. The van der Waals surface area contributed by atoms with Gasteiger partial charge >= 0.3 is 5.69 Å². The van der Waals surface area contributed by atoms with E-state index in [1.807, 2.05) is 0 Å². The van der Waals surface area contributed by atoms with Gasteiger partial charge < -0.3 is 14.9 Å². The highest BCUT2D eigenvalue weighted by Gasteiger charge is 2.35. The zero-order valence-corrected chi connectivity index (χ0v) is 11.4. The molecule has 1 aliphatic heterocycles. The standard InChI is InChI=1S/C13H16N2O6/c1-3-10(18)15-12(19)7(2)5-14(13(15)20)11-4-8(17)9(6-16)21-11/h3,5,8-9,11,16-17H,1,4,6H2,2H3/t8-,9+,11+/m0/s1. The van der Waals surface area contributed by atoms with Crippen molar-refractivity contribution >= 4 is 5.91 Å². The minimum absolute atomic E-state index is 0.0745. The monoisotopic (exact) mass is 296 g/mol. The molecule has 0 aliphatic carbocycles. The van der Waals surface area contributed by atoms with E-state index in [0.717, 1.165) is 10.6 Å². The van der Waals surface area contributed by atoms with Crippen LogP contribution in [0, 0.1) is 6.92 Å². The van der Waals surface area contributed by atoms with E-state index in [1.165, 1.54) is 13.1 Å². The summed E-state index contributed by atoms with van der Waals surface area (Å²) in [5.41, 5.74) is -1.42. The highest BCUT2D eigenvalue weighted by atomic mass is 16.5. The molecule has 114 valence electrons. The smallest absolute Gasteiger partial charge is 0.340 e. The van der Waals surface area contributed by atoms with Gasteiger partial charge in [-0.3, -0.25) is 14.2 Å². The van der Waals surface area contributed by atoms with Crippen molar-refractivity contribution in [3.63, 3.8) is 0 Å². The largest absolute Gasteiger partial charge is 0.394 e. The number of rotatable bonds is 3. The molecular formula is C13H16N2O6. The van der Waals surface area contributed by atoms with Gasteiger partial charge in [0.05, 0.1) is 12.7 Å². The quantitative estimate of drug-likeness (QED) is 0.677. The second-order valence-corrected chi connectivity index (χ2v) is 4.80. The first-order chi connectivity index (χ1) is 9.90. The number of nitrogens with zero attached hydrogens (tertiary/aromatic N) is 2. The molecule has 0 saturated carbocycles. The van der Waals surface area contributed by atoms with Crippen LogP contribution >= 0.6 is 0 Å². The molecular weight excluding hydrogens is 280 g/mol. The summed E-state index contributed by atoms with van der Waals surface area (Å²) in [5, 5.41) is 18.8. The van der Waals surface area contributed by atoms with Crippen LogP contribution in [0.1, 0.15) is 23.0 Å². The highest BCUT2D eigenvalue weighted by Crippen LogP contribution is 2.27. The van der Waals surface area contributed by atoms with Gasteiger partial charge in [-0.15, -0.1) is 0 Å². The Morgan fingerprint density at radius 2 is 2.24 bits per heavy atom. The Morgan fingerprint density at radius 3 is 2.76 bits per heavy atom. The number of carbonyl (C=O) groups excluding carboxylic acids is 1. The van der Waals surface area contributed by atoms with Gasteiger partial charge in [0.1, 0.15) is 12.3 Å². The van der Waals surface area contributed by atoms with Crippen LogP contribution in [0.3, 0.4) is 0 Å². The summed E-state index contributed by atoms with van der Waals surface area (Å²) in [5.74, 6) is -0.834. The van der Waals surface area contributed by atoms with E-state index >= 15 is 0 Å². The lowest BCUT2D eigenvalue weighted by Crippen LogP contribution is -2.44. The molecule has 2 heterocycles. The van der Waals surface area contributed by atoms with E-state index < -0.39 is 42.2 Å². The molecule has 0 bridgehead atoms. The van der Waals surface area contributed by atoms with Gasteiger partial charge in [0.2, 0.25) is 0 Å². The molecule has 1 aromatic heterocycles. The van der Waals surface area contributed by atoms with Crippen LogP contribution in [0.2, 0.25) is 0 Å². The van der Waals surface area contributed by atoms with Gasteiger partial charge in [-0.05, 0) is 13.0 Å². The lowest BCUT2D eigenvalue weighted by Gasteiger charge is -2.16. The zero-order valence-electron chi connectivity index (χ0n) is 11.4. The Bertz CT molecular complexity index is 689. The van der Waals surface area contributed by atoms with Gasteiger partial charge in [0.25, 0.3) is 11.5 Å². The van der Waals surface area contributed by atoms with E-state index in [4.69, 9.17) is 9.84 Å². The molecule has 1 aliphatic rings. The van der Waals surface area contributed by atoms with Crippen LogP contribution in [0.4, 0.5) is 0 Å². The van der Waals surface area contributed by atoms with Gasteiger partial charge in [-0.25, -0.2) is 4.79 Å². The number of aryl methyl sites for hydroxylation is 1. The first-order valence-corrected chi connectivity index (χ1v) is 6.36. The Hall–Kier alpha value is -2.03. The summed E-state index contributed by atoms with van der Waals surface area (Å²) in [7, 11) is 0. The minimum Gasteiger partial charge on any atom is -0.394 e. The van der Waals surface area contributed by atoms with Gasteiger partial charge in [0.15, 0.2) is 0 Å². The van der Waals surface area contributed by atoms with Crippen molar-refractivity contribution < 1.29 is 19.7 Å². The molecule has 1 aromatic rings. The van der Waals surface area contributed by atoms with E-state index in [-0.39, 0.29) is 12.0 Å². The van der Waals surface area contributed by atoms with Crippen molar-refractivity contribution in [3.8, 4) is 0 Å². The molecule has 0 amide bonds. The van der Waals surface area contributed by atoms with E-state index in [0.29, 0.717) is 4.57 Å². The topological polar surface area (TPSA) is 111 Å². The van der Waals surface area contributed by atoms with Crippen LogP contribution in [0.5, 0.6) is 0 Å². The Labute approximate surface area is 119 Å². The van der Waals surface area contributed by atoms with E-state index in [2.05, 4.69) is 6.58 Å². The molecule has 1 saturated heterocycles. The third kappa shape index (κ3) is 2.60. The normalized spacial score (nSPS) is 25.0. The summed E-state index contributed by atoms with van der Waals surface area (Å²) in [6.07, 6.45) is -0.374. The molecule has 8 heteroatoms. The summed E-state index contributed by atoms with van der Waals surface area (Å²) in [6, 6.07) is 0. The second kappa shape index (κ2) is 5.76. The van der Waals surface area contributed by atoms with Crippen LogP contribution in [0.25, 0.3) is 0 Å². The molecule has 3 atom stereocenters. The van der Waals surface area contributed by atoms with E-state index in [1.54, 1.807) is 0 Å². The summed E-state index contributed by atoms with van der Waals surface area (Å²) in [6.45, 7) is 4.32. The molecule has 0 aromatic carbocycles. The number of carbonyl (C=O) groups is 1. The molecule has 0 unspecified atom stereocenters. The number of aromatic nitrogens is 2. The first-order valence-electron chi connectivity index (χ1n) is 6.36. The van der Waals surface area contributed by atoms with Crippen LogP contribution in [0.15, 0.2) is 28.4 Å². The minimum atomic E-state index is -0.928. The number of hydrogen-bond donors (Lipinski definition) is 2. The molecule has 2 rings (SSSR count). The lowest BCUT2D eigenvalue weighted by molar-refractivity contribution is -0.0462. The second-order valence-electron chi connectivity index (χ2n) is 4.80. The number of aliphatic hydroxyl groups excluding tert-OH is 2. The predicted molar refractivity (Wildman–Crippen MR) is 72.1 cm³/mol. The highest BCUT2D eigenvalue weighted by molar-refractivity contribution is 5.88. The van der Waals surface area contributed by atoms with Crippen molar-refractivity contribution in [2.75, 3.05) is 6.61 Å². The van der Waals surface area contributed by atoms with E-state index in [9.17, 15) is 19.5 Å². The Kier molecular flexibility index (Phi) is 4.21. The molecule has 8 nitrogen and oxygen atoms in total. The fraction of sp³-hybridized carbons (Fsp3) is 0.462. The maximum Gasteiger partial charge on any atom is 0.340 e. The maximum atomic E-state index is 12.3. The molecule has 21 heavy (non-hydrogen) atoms. The molecule has 0 spiro atoms. The maximum absolute atomic E-state index is 12.3. The fourth-order valence-corrected chi connectivity index (χ4v) is 2.24. The lowest BCUT2D eigenvalue weighted by atomic mass is 10.2. The van der Waals surface area contributed by atoms with Crippen molar-refractivity contribution in [1.82, 2.24) is 9.13 Å². The average molecular weight is 296 g/mol. The summed E-state index contributed by atoms with van der Waals surface area (Å²) < 4.78 is 6.89. The van der Waals surface area contributed by atoms with Gasteiger partial charge in [0, 0.05) is 18.2 Å². The Morgan fingerprint density at radius 1 is 1.57 bits per heavy atom. The molecule has 2 N–H and O–H groups in total. The number of allylic oxidation sites excluding steroid dienone is 1. The van der Waals surface area contributed by atoms with Crippen LogP contribution < -0.4 is 11.2 Å². The van der Waals surface area contributed by atoms with Crippen molar-refractivity contribution in [2.45, 2.75) is 31.8 Å². The third-order valence-corrected chi connectivity index (χ3v) is 3.37. The zero-order chi connectivity index (χ0) is 15.7. The van der Waals surface area contributed by atoms with Crippen LogP contribution in [-0.4, -0.2) is 44.1 Å². The Balaban J connectivity index is 2.54. The first kappa shape index (κ1) is 15.4. The number of aliphatic hydroxyl groups is 2. The summed E-state index contributed by atoms with van der Waals surface area (Å²) in [4.78, 5) is 35.8. The average Bonchev–Trinajstić information content (AvgIpc) is 2.83. The van der Waals surface area contributed by atoms with Gasteiger partial charge in [-0.2, -0.15) is 4.57 Å². The molecule has 1 fully saturated rings. The van der Waals surface area contributed by atoms with Crippen molar-refractivity contribution in [2.24, 2.45) is 0 Å². The summed E-state index contributed by atoms with van der Waals surface area (Å²) >= 11 is 0. The van der Waals surface area contributed by atoms with Gasteiger partial charge in [-0.1, -0.05) is 6.58 Å². The van der Waals surface area contributed by atoms with Crippen LogP contribution in [-0.2, 0) is 4.74 Å². The molecule has 0 radical (unpaired) electrons. The third-order valence-electron chi connectivity index (χ3n) is 3.37. The number of hydrogen-bond acceptors (Lipinski definition) is 6.